The highest BCUT2D eigenvalue weighted by atomic mass is 16.4. The average molecular weight is 302 g/mol. The first-order chi connectivity index (χ1) is 9.68. The van der Waals surface area contributed by atoms with Gasteiger partial charge in [0.2, 0.25) is 17.7 Å². The molecule has 9 nitrogen and oxygen atoms in total. The van der Waals surface area contributed by atoms with Crippen LogP contribution in [0.1, 0.15) is 26.7 Å². The van der Waals surface area contributed by atoms with Crippen molar-refractivity contribution in [2.45, 2.75) is 38.8 Å². The zero-order valence-electron chi connectivity index (χ0n) is 12.1. The van der Waals surface area contributed by atoms with Crippen molar-refractivity contribution >= 4 is 23.7 Å². The van der Waals surface area contributed by atoms with Gasteiger partial charge in [-0.3, -0.25) is 14.4 Å². The molecule has 0 aromatic carbocycles. The zero-order chi connectivity index (χ0) is 16.6. The van der Waals surface area contributed by atoms with Crippen LogP contribution in [0.15, 0.2) is 0 Å². The number of carboxylic acid groups (broad SMARTS) is 1. The molecular weight excluding hydrogens is 280 g/mol. The Morgan fingerprint density at radius 2 is 1.71 bits per heavy atom. The van der Waals surface area contributed by atoms with Gasteiger partial charge in [-0.1, -0.05) is 13.8 Å². The Bertz CT molecular complexity index is 410. The molecule has 7 N–H and O–H groups in total. The van der Waals surface area contributed by atoms with Crippen molar-refractivity contribution in [1.82, 2.24) is 10.6 Å². The summed E-state index contributed by atoms with van der Waals surface area (Å²) < 4.78 is 0. The minimum absolute atomic E-state index is 0.0304. The Morgan fingerprint density at radius 3 is 2.10 bits per heavy atom. The summed E-state index contributed by atoms with van der Waals surface area (Å²) in [6.45, 7) is 2.94. The van der Waals surface area contributed by atoms with Gasteiger partial charge in [0, 0.05) is 6.42 Å². The summed E-state index contributed by atoms with van der Waals surface area (Å²) in [5.41, 5.74) is 10.1. The number of carbonyl (C=O) groups is 4. The van der Waals surface area contributed by atoms with Crippen LogP contribution < -0.4 is 22.1 Å². The van der Waals surface area contributed by atoms with Crippen molar-refractivity contribution < 1.29 is 24.3 Å². The number of hydrogen-bond acceptors (Lipinski definition) is 5. The van der Waals surface area contributed by atoms with Crippen molar-refractivity contribution in [2.75, 3.05) is 6.54 Å². The SMILES string of the molecule is CC(C)[C@H](NC(=O)[C@H](CCC(N)=O)NC(=O)CN)C(=O)O. The van der Waals surface area contributed by atoms with E-state index in [1.807, 2.05) is 0 Å². The third-order valence-electron chi connectivity index (χ3n) is 2.75. The summed E-state index contributed by atoms with van der Waals surface area (Å²) in [4.78, 5) is 45.1. The van der Waals surface area contributed by atoms with Gasteiger partial charge in [0.05, 0.1) is 6.54 Å². The number of hydrogen-bond donors (Lipinski definition) is 5. The second kappa shape index (κ2) is 8.90. The monoisotopic (exact) mass is 302 g/mol. The van der Waals surface area contributed by atoms with Gasteiger partial charge in [-0.05, 0) is 12.3 Å². The maximum atomic E-state index is 12.0. The summed E-state index contributed by atoms with van der Waals surface area (Å²) in [6, 6.07) is -2.16. The molecule has 0 fully saturated rings. The lowest BCUT2D eigenvalue weighted by atomic mass is 10.0. The molecule has 0 aliphatic carbocycles. The lowest BCUT2D eigenvalue weighted by Gasteiger charge is -2.22. The van der Waals surface area contributed by atoms with Gasteiger partial charge < -0.3 is 27.2 Å². The highest BCUT2D eigenvalue weighted by molar-refractivity contribution is 5.91. The summed E-state index contributed by atoms with van der Waals surface area (Å²) in [7, 11) is 0. The van der Waals surface area contributed by atoms with E-state index in [-0.39, 0.29) is 25.3 Å². The minimum atomic E-state index is -1.18. The first-order valence-corrected chi connectivity index (χ1v) is 6.50. The van der Waals surface area contributed by atoms with E-state index in [9.17, 15) is 19.2 Å². The molecule has 21 heavy (non-hydrogen) atoms. The van der Waals surface area contributed by atoms with Crippen LogP contribution >= 0.6 is 0 Å². The molecule has 0 rings (SSSR count). The third-order valence-corrected chi connectivity index (χ3v) is 2.75. The standard InChI is InChI=1S/C12H22N4O5/c1-6(2)10(12(20)21)16-11(19)7(3-4-8(14)17)15-9(18)5-13/h6-7,10H,3-5,13H2,1-2H3,(H2,14,17)(H,15,18)(H,16,19)(H,20,21)/t7-,10-/m0/s1. The van der Waals surface area contributed by atoms with Crippen molar-refractivity contribution in [2.24, 2.45) is 17.4 Å². The molecular formula is C12H22N4O5. The Morgan fingerprint density at radius 1 is 1.14 bits per heavy atom. The molecule has 0 bridgehead atoms. The van der Waals surface area contributed by atoms with Crippen molar-refractivity contribution in [1.29, 1.82) is 0 Å². The fourth-order valence-corrected chi connectivity index (χ4v) is 1.58. The number of carboxylic acids is 1. The largest absolute Gasteiger partial charge is 0.480 e. The van der Waals surface area contributed by atoms with Gasteiger partial charge in [0.15, 0.2) is 0 Å². The van der Waals surface area contributed by atoms with Crippen molar-refractivity contribution in [3.63, 3.8) is 0 Å². The van der Waals surface area contributed by atoms with E-state index in [1.165, 1.54) is 0 Å². The maximum absolute atomic E-state index is 12.0. The fraction of sp³-hybridized carbons (Fsp3) is 0.667. The molecule has 0 aromatic rings. The van der Waals surface area contributed by atoms with Crippen LogP contribution in [-0.4, -0.2) is 47.4 Å². The number of rotatable bonds is 9. The van der Waals surface area contributed by atoms with Crippen LogP contribution in [0.4, 0.5) is 0 Å². The Labute approximate surface area is 122 Å². The minimum Gasteiger partial charge on any atom is -0.480 e. The average Bonchev–Trinajstić information content (AvgIpc) is 2.38. The van der Waals surface area contributed by atoms with E-state index in [4.69, 9.17) is 16.6 Å². The normalized spacial score (nSPS) is 13.3. The number of primary amides is 1. The summed E-state index contributed by atoms with van der Waals surface area (Å²) in [6.07, 6.45) is -0.153. The second-order valence-electron chi connectivity index (χ2n) is 4.90. The molecule has 0 heterocycles. The van der Waals surface area contributed by atoms with E-state index in [0.29, 0.717) is 0 Å². The van der Waals surface area contributed by atoms with Crippen molar-refractivity contribution in [3.8, 4) is 0 Å². The van der Waals surface area contributed by atoms with E-state index >= 15 is 0 Å². The smallest absolute Gasteiger partial charge is 0.326 e. The van der Waals surface area contributed by atoms with Gasteiger partial charge in [-0.25, -0.2) is 4.79 Å². The van der Waals surface area contributed by atoms with Gasteiger partial charge in [0.25, 0.3) is 0 Å². The van der Waals surface area contributed by atoms with Crippen LogP contribution in [0.5, 0.6) is 0 Å². The quantitative estimate of drug-likeness (QED) is 0.328. The molecule has 0 saturated heterocycles. The Balaban J connectivity index is 4.86. The first-order valence-electron chi connectivity index (χ1n) is 6.50. The molecule has 3 amide bonds. The van der Waals surface area contributed by atoms with Gasteiger partial charge in [0.1, 0.15) is 12.1 Å². The number of aliphatic carboxylic acids is 1. The number of amides is 3. The summed E-state index contributed by atoms with van der Waals surface area (Å²) in [5.74, 6) is -3.44. The lowest BCUT2D eigenvalue weighted by Crippen LogP contribution is -2.54. The first kappa shape index (κ1) is 18.8. The van der Waals surface area contributed by atoms with E-state index < -0.39 is 35.8 Å². The van der Waals surface area contributed by atoms with E-state index in [2.05, 4.69) is 10.6 Å². The summed E-state index contributed by atoms with van der Waals surface area (Å²) in [5, 5.41) is 13.7. The molecule has 120 valence electrons. The molecule has 0 unspecified atom stereocenters. The molecule has 0 spiro atoms. The molecule has 2 atom stereocenters. The molecule has 0 radical (unpaired) electrons. The topological polar surface area (TPSA) is 165 Å². The molecule has 0 saturated carbocycles. The van der Waals surface area contributed by atoms with Crippen LogP contribution in [0.2, 0.25) is 0 Å². The zero-order valence-corrected chi connectivity index (χ0v) is 12.1. The molecule has 9 heteroatoms. The number of nitrogens with two attached hydrogens (primary N) is 2. The Hall–Kier alpha value is -2.16. The molecule has 0 aliphatic rings. The van der Waals surface area contributed by atoms with Crippen LogP contribution in [-0.2, 0) is 19.2 Å². The van der Waals surface area contributed by atoms with E-state index in [0.717, 1.165) is 0 Å². The van der Waals surface area contributed by atoms with Crippen LogP contribution in [0, 0.1) is 5.92 Å². The van der Waals surface area contributed by atoms with Crippen molar-refractivity contribution in [3.05, 3.63) is 0 Å². The maximum Gasteiger partial charge on any atom is 0.326 e. The lowest BCUT2D eigenvalue weighted by molar-refractivity contribution is -0.143. The van der Waals surface area contributed by atoms with Gasteiger partial charge >= 0.3 is 5.97 Å². The second-order valence-corrected chi connectivity index (χ2v) is 4.90. The summed E-state index contributed by atoms with van der Waals surface area (Å²) >= 11 is 0. The number of nitrogens with one attached hydrogen (secondary N) is 2. The third kappa shape index (κ3) is 7.25. The highest BCUT2D eigenvalue weighted by Crippen LogP contribution is 2.04. The Kier molecular flexibility index (Phi) is 7.99. The number of carbonyl (C=O) groups excluding carboxylic acids is 3. The van der Waals surface area contributed by atoms with E-state index in [1.54, 1.807) is 13.8 Å². The predicted molar refractivity (Wildman–Crippen MR) is 73.8 cm³/mol. The highest BCUT2D eigenvalue weighted by Gasteiger charge is 2.28. The van der Waals surface area contributed by atoms with Crippen LogP contribution in [0.25, 0.3) is 0 Å². The molecule has 0 aliphatic heterocycles. The van der Waals surface area contributed by atoms with Crippen LogP contribution in [0.3, 0.4) is 0 Å². The van der Waals surface area contributed by atoms with Gasteiger partial charge in [-0.2, -0.15) is 0 Å². The predicted octanol–water partition coefficient (Wildman–Crippen LogP) is -2.08. The van der Waals surface area contributed by atoms with Gasteiger partial charge in [-0.15, -0.1) is 0 Å². The fourth-order valence-electron chi connectivity index (χ4n) is 1.58. The molecule has 0 aromatic heterocycles.